The van der Waals surface area contributed by atoms with Gasteiger partial charge in [0.15, 0.2) is 0 Å². The molecule has 10 heteroatoms. The predicted octanol–water partition coefficient (Wildman–Crippen LogP) is 3.92. The van der Waals surface area contributed by atoms with Crippen LogP contribution in [0.1, 0.15) is 57.3 Å². The van der Waals surface area contributed by atoms with Gasteiger partial charge < -0.3 is 15.4 Å². The van der Waals surface area contributed by atoms with E-state index in [-0.39, 0.29) is 54.6 Å². The molecule has 2 rings (SSSR count). The van der Waals surface area contributed by atoms with Crippen molar-refractivity contribution in [2.75, 3.05) is 39.3 Å². The van der Waals surface area contributed by atoms with E-state index in [2.05, 4.69) is 24.1 Å². The van der Waals surface area contributed by atoms with Crippen LogP contribution < -0.4 is 5.73 Å². The molecule has 1 fully saturated rings. The van der Waals surface area contributed by atoms with Gasteiger partial charge in [-0.2, -0.15) is 0 Å². The summed E-state index contributed by atoms with van der Waals surface area (Å²) in [5, 5.41) is 3.16. The topological polar surface area (TPSA) is 71.7 Å². The number of ether oxygens (including phenoxy) is 1. The fourth-order valence-electron chi connectivity index (χ4n) is 3.51. The minimum Gasteiger partial charge on any atom is -0.372 e. The lowest BCUT2D eigenvalue weighted by Crippen LogP contribution is -2.54. The maximum atomic E-state index is 12.9. The van der Waals surface area contributed by atoms with Crippen molar-refractivity contribution in [1.29, 1.82) is 0 Å². The minimum atomic E-state index is -0.387. The average Bonchev–Trinajstić information content (AvgIpc) is 3.13. The van der Waals surface area contributed by atoms with Gasteiger partial charge in [-0.3, -0.25) is 9.69 Å². The van der Waals surface area contributed by atoms with Crippen LogP contribution in [0.5, 0.6) is 0 Å². The second-order valence-electron chi connectivity index (χ2n) is 7.03. The maximum absolute atomic E-state index is 12.9. The van der Waals surface area contributed by atoms with Crippen LogP contribution >= 0.6 is 48.6 Å². The van der Waals surface area contributed by atoms with Gasteiger partial charge in [-0.1, -0.05) is 13.8 Å². The molecule has 0 bridgehead atoms. The van der Waals surface area contributed by atoms with E-state index in [0.29, 0.717) is 13.2 Å². The first-order valence-corrected chi connectivity index (χ1v) is 10.6. The number of rotatable bonds is 9. The number of carbonyl (C=O) groups excluding carboxylic acids is 1. The van der Waals surface area contributed by atoms with Crippen LogP contribution in [0.25, 0.3) is 0 Å². The number of thiazole rings is 1. The highest BCUT2D eigenvalue weighted by molar-refractivity contribution is 7.09. The number of piperazine rings is 1. The van der Waals surface area contributed by atoms with Gasteiger partial charge >= 0.3 is 0 Å². The van der Waals surface area contributed by atoms with Crippen molar-refractivity contribution in [3.63, 3.8) is 0 Å². The van der Waals surface area contributed by atoms with Gasteiger partial charge in [0.1, 0.15) is 11.1 Å². The van der Waals surface area contributed by atoms with Gasteiger partial charge in [-0.15, -0.1) is 48.6 Å². The molecule has 2 N–H and O–H groups in total. The monoisotopic (exact) mass is 490 g/mol. The van der Waals surface area contributed by atoms with Crippen LogP contribution in [0.4, 0.5) is 0 Å². The zero-order chi connectivity index (χ0) is 19.2. The molecule has 0 aromatic carbocycles. The van der Waals surface area contributed by atoms with Crippen molar-refractivity contribution in [2.45, 2.75) is 53.2 Å². The quantitative estimate of drug-likeness (QED) is 0.567. The first-order chi connectivity index (χ1) is 12.5. The van der Waals surface area contributed by atoms with E-state index in [0.717, 1.165) is 56.3 Å². The maximum Gasteiger partial charge on any atom is 0.230 e. The third kappa shape index (κ3) is 7.80. The summed E-state index contributed by atoms with van der Waals surface area (Å²) in [6, 6.07) is 0. The third-order valence-electron chi connectivity index (χ3n) is 5.58. The number of halogens is 3. The first-order valence-electron chi connectivity index (χ1n) is 9.77. The molecule has 1 aliphatic heterocycles. The Hall–Kier alpha value is -0.150. The summed E-state index contributed by atoms with van der Waals surface area (Å²) < 4.78 is 5.62. The summed E-state index contributed by atoms with van der Waals surface area (Å²) in [6.45, 7) is 13.4. The molecule has 2 heterocycles. The van der Waals surface area contributed by atoms with Crippen LogP contribution in [-0.4, -0.2) is 60.0 Å². The number of hydrogen-bond donors (Lipinski definition) is 1. The van der Waals surface area contributed by atoms with Gasteiger partial charge in [-0.05, 0) is 26.7 Å². The second kappa shape index (κ2) is 14.8. The molecule has 1 unspecified atom stereocenters. The molecular weight excluding hydrogens is 455 g/mol. The summed E-state index contributed by atoms with van der Waals surface area (Å²) in [7, 11) is 0. The summed E-state index contributed by atoms with van der Waals surface area (Å²) in [5.41, 5.74) is 6.64. The Kier molecular flexibility index (Phi) is 15.8. The normalized spacial score (nSPS) is 15.7. The highest BCUT2D eigenvalue weighted by Gasteiger charge is 2.37. The molecule has 0 radical (unpaired) electrons. The molecule has 1 aromatic heterocycles. The van der Waals surface area contributed by atoms with Gasteiger partial charge in [0.2, 0.25) is 5.91 Å². The lowest BCUT2D eigenvalue weighted by Gasteiger charge is -2.40. The van der Waals surface area contributed by atoms with E-state index in [4.69, 9.17) is 15.5 Å². The van der Waals surface area contributed by atoms with Crippen LogP contribution in [0, 0.1) is 5.41 Å². The van der Waals surface area contributed by atoms with Crippen LogP contribution in [0.3, 0.4) is 0 Å². The molecule has 1 saturated heterocycles. The Morgan fingerprint density at radius 3 is 2.28 bits per heavy atom. The molecule has 0 saturated carbocycles. The van der Waals surface area contributed by atoms with E-state index in [1.54, 1.807) is 11.3 Å². The molecule has 29 heavy (non-hydrogen) atoms. The predicted molar refractivity (Wildman–Crippen MR) is 128 cm³/mol. The molecule has 1 aromatic rings. The molecule has 1 aliphatic rings. The summed E-state index contributed by atoms with van der Waals surface area (Å²) in [6.07, 6.45) is 1.66. The van der Waals surface area contributed by atoms with E-state index in [1.807, 2.05) is 18.7 Å². The van der Waals surface area contributed by atoms with Crippen LogP contribution in [0.15, 0.2) is 5.38 Å². The zero-order valence-electron chi connectivity index (χ0n) is 17.9. The Bertz CT molecular complexity index is 571. The van der Waals surface area contributed by atoms with Gasteiger partial charge in [-0.25, -0.2) is 4.98 Å². The Labute approximate surface area is 198 Å². The lowest BCUT2D eigenvalue weighted by molar-refractivity contribution is -0.144. The van der Waals surface area contributed by atoms with Crippen LogP contribution in [-0.2, 0) is 16.1 Å². The van der Waals surface area contributed by atoms with Gasteiger partial charge in [0.25, 0.3) is 0 Å². The fraction of sp³-hybridized carbons (Fsp3) is 0.789. The number of carbonyl (C=O) groups is 1. The number of nitrogens with two attached hydrogens (primary N) is 1. The molecular formula is C19H37Cl3N4O2S. The average molecular weight is 492 g/mol. The summed E-state index contributed by atoms with van der Waals surface area (Å²) in [4.78, 5) is 22.0. The van der Waals surface area contributed by atoms with Crippen molar-refractivity contribution in [1.82, 2.24) is 14.8 Å². The Morgan fingerprint density at radius 2 is 1.79 bits per heavy atom. The largest absolute Gasteiger partial charge is 0.372 e. The van der Waals surface area contributed by atoms with Crippen molar-refractivity contribution in [3.05, 3.63) is 16.1 Å². The molecule has 0 aliphatic carbocycles. The summed E-state index contributed by atoms with van der Waals surface area (Å²) in [5.74, 6) is 0.228. The second-order valence-corrected chi connectivity index (χ2v) is 7.92. The summed E-state index contributed by atoms with van der Waals surface area (Å²) >= 11 is 1.66. The van der Waals surface area contributed by atoms with Crippen molar-refractivity contribution in [3.8, 4) is 0 Å². The molecule has 0 spiro atoms. The van der Waals surface area contributed by atoms with Crippen molar-refractivity contribution in [2.24, 2.45) is 11.1 Å². The van der Waals surface area contributed by atoms with Gasteiger partial charge in [0, 0.05) is 51.3 Å². The number of amides is 1. The highest BCUT2D eigenvalue weighted by atomic mass is 35.5. The third-order valence-corrected chi connectivity index (χ3v) is 6.63. The molecule has 172 valence electrons. The van der Waals surface area contributed by atoms with E-state index >= 15 is 0 Å². The molecule has 1 atom stereocenters. The van der Waals surface area contributed by atoms with E-state index in [1.165, 1.54) is 0 Å². The minimum absolute atomic E-state index is 0. The number of hydrogen-bond acceptors (Lipinski definition) is 6. The van der Waals surface area contributed by atoms with Crippen LogP contribution in [0.2, 0.25) is 0 Å². The molecule has 1 amide bonds. The number of nitrogens with zero attached hydrogens (tertiary/aromatic N) is 3. The first kappa shape index (κ1) is 31.0. The van der Waals surface area contributed by atoms with Crippen molar-refractivity contribution < 1.29 is 9.53 Å². The van der Waals surface area contributed by atoms with E-state index in [9.17, 15) is 4.79 Å². The Morgan fingerprint density at radius 1 is 1.21 bits per heavy atom. The standard InChI is InChI=1S/C19H34N4O2S.3ClH/c1-5-19(6-2,14-20)18(24)23-10-8-22(9-11-23)12-16-13-26-17(21-16)15(4)25-7-3;;;/h13,15H,5-12,14,20H2,1-4H3;3*1H. The zero-order valence-corrected chi connectivity index (χ0v) is 21.2. The SMILES string of the molecule is CCOC(C)c1nc(CN2CCN(C(=O)C(CC)(CC)CN)CC2)cs1.Cl.Cl.Cl. The number of aromatic nitrogens is 1. The molecule has 6 nitrogen and oxygen atoms in total. The fourth-order valence-corrected chi connectivity index (χ4v) is 4.32. The smallest absolute Gasteiger partial charge is 0.230 e. The van der Waals surface area contributed by atoms with E-state index < -0.39 is 0 Å². The Balaban J connectivity index is 0. The lowest BCUT2D eigenvalue weighted by atomic mass is 9.81. The van der Waals surface area contributed by atoms with Crippen molar-refractivity contribution >= 4 is 54.5 Å². The van der Waals surface area contributed by atoms with Gasteiger partial charge in [0.05, 0.1) is 11.1 Å². The highest BCUT2D eigenvalue weighted by Crippen LogP contribution is 2.28.